The summed E-state index contributed by atoms with van der Waals surface area (Å²) in [7, 11) is -1.50. The van der Waals surface area contributed by atoms with Crippen LogP contribution in [0, 0.1) is 6.92 Å². The third-order valence-corrected chi connectivity index (χ3v) is 8.03. The molecule has 9 nitrogen and oxygen atoms in total. The van der Waals surface area contributed by atoms with Gasteiger partial charge in [-0.2, -0.15) is 5.10 Å². The lowest BCUT2D eigenvalue weighted by atomic mass is 10.1. The summed E-state index contributed by atoms with van der Waals surface area (Å²) >= 11 is 0. The summed E-state index contributed by atoms with van der Waals surface area (Å²) in [5.74, 6) is 1.15. The molecule has 0 spiro atoms. The molecule has 0 radical (unpaired) electrons. The van der Waals surface area contributed by atoms with E-state index in [9.17, 15) is 13.2 Å². The van der Waals surface area contributed by atoms with Crippen molar-refractivity contribution in [1.82, 2.24) is 20.1 Å². The Morgan fingerprint density at radius 2 is 2.09 bits per heavy atom. The van der Waals surface area contributed by atoms with Gasteiger partial charge in [0, 0.05) is 6.54 Å². The van der Waals surface area contributed by atoms with Crippen molar-refractivity contribution < 1.29 is 22.4 Å². The fourth-order valence-corrected chi connectivity index (χ4v) is 6.27. The van der Waals surface area contributed by atoms with Gasteiger partial charge in [-0.15, -0.1) is 0 Å². The molecule has 1 aliphatic heterocycles. The normalized spacial score (nSPS) is 17.0. The maximum absolute atomic E-state index is 13.4. The van der Waals surface area contributed by atoms with Gasteiger partial charge in [0.2, 0.25) is 0 Å². The minimum absolute atomic E-state index is 0.0102. The van der Waals surface area contributed by atoms with Crippen LogP contribution in [-0.2, 0) is 16.3 Å². The van der Waals surface area contributed by atoms with Gasteiger partial charge in [-0.25, -0.2) is 18.1 Å². The van der Waals surface area contributed by atoms with Crippen molar-refractivity contribution in [3.63, 3.8) is 0 Å². The molecule has 4 aromatic rings. The zero-order chi connectivity index (χ0) is 24.6. The van der Waals surface area contributed by atoms with Gasteiger partial charge in [0.25, 0.3) is 5.91 Å². The van der Waals surface area contributed by atoms with Crippen LogP contribution in [0.15, 0.2) is 53.1 Å². The molecular formula is C25H26N4O5S. The van der Waals surface area contributed by atoms with Crippen LogP contribution in [0.1, 0.15) is 34.1 Å². The smallest absolute Gasteiger partial charge is 0.252 e. The van der Waals surface area contributed by atoms with E-state index in [1.54, 1.807) is 36.3 Å². The summed E-state index contributed by atoms with van der Waals surface area (Å²) in [4.78, 5) is 18.1. The number of nitrogens with zero attached hydrogens (tertiary/aromatic N) is 3. The van der Waals surface area contributed by atoms with Crippen LogP contribution in [-0.4, -0.2) is 54.2 Å². The maximum Gasteiger partial charge on any atom is 0.252 e. The topological polar surface area (TPSA) is 116 Å². The molecule has 1 N–H and O–H groups in total. The molecule has 0 bridgehead atoms. The summed E-state index contributed by atoms with van der Waals surface area (Å²) < 4.78 is 36.8. The van der Waals surface area contributed by atoms with E-state index in [2.05, 4.69) is 10.4 Å². The number of furan rings is 1. The van der Waals surface area contributed by atoms with Crippen LogP contribution in [0.25, 0.3) is 22.5 Å². The summed E-state index contributed by atoms with van der Waals surface area (Å²) in [6.07, 6.45) is 2.61. The second-order valence-electron chi connectivity index (χ2n) is 8.64. The van der Waals surface area contributed by atoms with Crippen molar-refractivity contribution in [2.75, 3.05) is 25.2 Å². The van der Waals surface area contributed by atoms with Gasteiger partial charge in [-0.1, -0.05) is 18.2 Å². The highest BCUT2D eigenvalue weighted by atomic mass is 32.2. The molecule has 1 fully saturated rings. The standard InChI is InChI=1S/C25H26N4O5S/c1-16-23-19(25(30)26-11-9-17-6-3-4-7-21(17)33-2)14-20(22-8-5-12-34-22)27-24(23)29(28-16)18-10-13-35(31,32)15-18/h3-8,12,14,18H,9-11,13,15H2,1-2H3,(H,26,30). The molecule has 1 unspecified atom stereocenters. The van der Waals surface area contributed by atoms with E-state index >= 15 is 0 Å². The van der Waals surface area contributed by atoms with E-state index in [1.807, 2.05) is 31.2 Å². The van der Waals surface area contributed by atoms with Crippen LogP contribution >= 0.6 is 0 Å². The Morgan fingerprint density at radius 3 is 2.80 bits per heavy atom. The number of benzene rings is 1. The lowest BCUT2D eigenvalue weighted by molar-refractivity contribution is 0.0955. The van der Waals surface area contributed by atoms with Crippen molar-refractivity contribution in [1.29, 1.82) is 0 Å². The number of nitrogens with one attached hydrogen (secondary N) is 1. The molecule has 1 saturated heterocycles. The number of hydrogen-bond donors (Lipinski definition) is 1. The van der Waals surface area contributed by atoms with Crippen molar-refractivity contribution >= 4 is 26.8 Å². The Balaban J connectivity index is 1.50. The molecule has 1 amide bonds. The zero-order valence-electron chi connectivity index (χ0n) is 19.5. The fraction of sp³-hybridized carbons (Fsp3) is 0.320. The van der Waals surface area contributed by atoms with Crippen LogP contribution in [0.3, 0.4) is 0 Å². The first-order valence-electron chi connectivity index (χ1n) is 11.4. The number of amides is 1. The molecule has 35 heavy (non-hydrogen) atoms. The number of aryl methyl sites for hydroxylation is 1. The lowest BCUT2D eigenvalue weighted by Gasteiger charge is -2.12. The van der Waals surface area contributed by atoms with Gasteiger partial charge >= 0.3 is 0 Å². The number of rotatable bonds is 7. The molecule has 0 aliphatic carbocycles. The van der Waals surface area contributed by atoms with Crippen molar-refractivity contribution in [3.05, 3.63) is 65.5 Å². The minimum Gasteiger partial charge on any atom is -0.496 e. The largest absolute Gasteiger partial charge is 0.496 e. The summed E-state index contributed by atoms with van der Waals surface area (Å²) in [6.45, 7) is 2.22. The highest BCUT2D eigenvalue weighted by Gasteiger charge is 2.32. The molecule has 1 aromatic carbocycles. The number of ether oxygens (including phenoxy) is 1. The first kappa shape index (κ1) is 23.1. The van der Waals surface area contributed by atoms with Gasteiger partial charge in [-0.05, 0) is 49.6 Å². The number of fused-ring (bicyclic) bond motifs is 1. The van der Waals surface area contributed by atoms with Gasteiger partial charge in [0.1, 0.15) is 11.4 Å². The van der Waals surface area contributed by atoms with E-state index < -0.39 is 9.84 Å². The number of aromatic nitrogens is 3. The van der Waals surface area contributed by atoms with E-state index in [0.29, 0.717) is 53.1 Å². The molecule has 1 aliphatic rings. The molecule has 1 atom stereocenters. The molecule has 5 rings (SSSR count). The van der Waals surface area contributed by atoms with Crippen LogP contribution < -0.4 is 10.1 Å². The SMILES string of the molecule is COc1ccccc1CCNC(=O)c1cc(-c2ccco2)nc2c1c(C)nn2C1CCS(=O)(=O)C1. The number of methoxy groups -OCH3 is 1. The van der Waals surface area contributed by atoms with E-state index in [-0.39, 0.29) is 23.5 Å². The van der Waals surface area contributed by atoms with E-state index in [4.69, 9.17) is 14.1 Å². The Hall–Kier alpha value is -3.66. The number of sulfone groups is 1. The molecule has 3 aromatic heterocycles. The average molecular weight is 495 g/mol. The van der Waals surface area contributed by atoms with E-state index in [0.717, 1.165) is 11.3 Å². The fourth-order valence-electron chi connectivity index (χ4n) is 4.58. The van der Waals surface area contributed by atoms with Crippen LogP contribution in [0.2, 0.25) is 0 Å². The predicted octanol–water partition coefficient (Wildman–Crippen LogP) is 3.34. The van der Waals surface area contributed by atoms with Gasteiger partial charge in [0.15, 0.2) is 21.2 Å². The van der Waals surface area contributed by atoms with Gasteiger partial charge < -0.3 is 14.5 Å². The number of para-hydroxylation sites is 1. The second kappa shape index (κ2) is 9.18. The molecule has 0 saturated carbocycles. The first-order chi connectivity index (χ1) is 16.9. The molecule has 182 valence electrons. The quantitative estimate of drug-likeness (QED) is 0.419. The zero-order valence-corrected chi connectivity index (χ0v) is 20.3. The summed E-state index contributed by atoms with van der Waals surface area (Å²) in [6, 6.07) is 12.6. The highest BCUT2D eigenvalue weighted by Crippen LogP contribution is 2.32. The maximum atomic E-state index is 13.4. The first-order valence-corrected chi connectivity index (χ1v) is 13.2. The lowest BCUT2D eigenvalue weighted by Crippen LogP contribution is -2.26. The molecular weight excluding hydrogens is 468 g/mol. The third-order valence-electron chi connectivity index (χ3n) is 6.28. The van der Waals surface area contributed by atoms with Crippen molar-refractivity contribution in [2.45, 2.75) is 25.8 Å². The van der Waals surface area contributed by atoms with Crippen molar-refractivity contribution in [2.24, 2.45) is 0 Å². The van der Waals surface area contributed by atoms with Gasteiger partial charge in [-0.3, -0.25) is 4.79 Å². The van der Waals surface area contributed by atoms with Crippen LogP contribution in [0.4, 0.5) is 0 Å². The van der Waals surface area contributed by atoms with E-state index in [1.165, 1.54) is 0 Å². The molecule has 4 heterocycles. The summed E-state index contributed by atoms with van der Waals surface area (Å²) in [5.41, 5.74) is 3.01. The van der Waals surface area contributed by atoms with Gasteiger partial charge in [0.05, 0.1) is 47.6 Å². The predicted molar refractivity (Wildman–Crippen MR) is 131 cm³/mol. The van der Waals surface area contributed by atoms with Crippen LogP contribution in [0.5, 0.6) is 5.75 Å². The number of carbonyl (C=O) groups excluding carboxylic acids is 1. The number of carbonyl (C=O) groups is 1. The summed E-state index contributed by atoms with van der Waals surface area (Å²) in [5, 5.41) is 8.22. The number of hydrogen-bond acceptors (Lipinski definition) is 7. The Kier molecular flexibility index (Phi) is 6.06. The monoisotopic (exact) mass is 494 g/mol. The molecule has 10 heteroatoms. The second-order valence-corrected chi connectivity index (χ2v) is 10.9. The van der Waals surface area contributed by atoms with Crippen molar-refractivity contribution in [3.8, 4) is 17.2 Å². The average Bonchev–Trinajstić information content (AvgIpc) is 3.58. The Labute approximate surface area is 203 Å². The number of pyridine rings is 1. The Morgan fingerprint density at radius 1 is 1.26 bits per heavy atom. The highest BCUT2D eigenvalue weighted by molar-refractivity contribution is 7.91. The third kappa shape index (κ3) is 4.53. The minimum atomic E-state index is -3.12. The Bertz CT molecular complexity index is 1490.